The molecule has 0 aromatic heterocycles. The summed E-state index contributed by atoms with van der Waals surface area (Å²) >= 11 is 3.07. The Morgan fingerprint density at radius 3 is 2.65 bits per heavy atom. The van der Waals surface area contributed by atoms with E-state index in [9.17, 15) is 9.18 Å². The van der Waals surface area contributed by atoms with Crippen LogP contribution in [0.4, 0.5) is 4.39 Å². The van der Waals surface area contributed by atoms with E-state index in [1.807, 2.05) is 0 Å². The van der Waals surface area contributed by atoms with E-state index in [1.165, 1.54) is 6.07 Å². The Kier molecular flexibility index (Phi) is 5.12. The first-order valence-corrected chi connectivity index (χ1v) is 6.41. The summed E-state index contributed by atoms with van der Waals surface area (Å²) in [4.78, 5) is 13.6. The lowest BCUT2D eigenvalue weighted by atomic mass is 10.1. The van der Waals surface area contributed by atoms with Crippen molar-refractivity contribution in [1.29, 1.82) is 0 Å². The van der Waals surface area contributed by atoms with Crippen molar-refractivity contribution in [2.75, 3.05) is 13.6 Å². The van der Waals surface area contributed by atoms with Gasteiger partial charge >= 0.3 is 0 Å². The van der Waals surface area contributed by atoms with Crippen molar-refractivity contribution in [3.63, 3.8) is 0 Å². The van der Waals surface area contributed by atoms with Crippen LogP contribution in [0.2, 0.25) is 0 Å². The summed E-state index contributed by atoms with van der Waals surface area (Å²) in [7, 11) is 1.74. The van der Waals surface area contributed by atoms with Crippen LogP contribution in [-0.4, -0.2) is 24.4 Å². The number of carbonyl (C=O) groups is 1. The molecule has 0 radical (unpaired) electrons. The van der Waals surface area contributed by atoms with Crippen LogP contribution in [0, 0.1) is 11.7 Å². The molecule has 0 bridgehead atoms. The van der Waals surface area contributed by atoms with E-state index in [1.54, 1.807) is 24.1 Å². The number of rotatable bonds is 4. The Balaban J connectivity index is 2.71. The molecule has 0 saturated heterocycles. The standard InChI is InChI=1S/C13H17BrFNO/c1-9(2)6-7-16(3)13(17)10-4-5-11(14)12(15)8-10/h4-5,8-9H,6-7H2,1-3H3. The van der Waals surface area contributed by atoms with Crippen LogP contribution in [-0.2, 0) is 0 Å². The van der Waals surface area contributed by atoms with Crippen LogP contribution in [0.3, 0.4) is 0 Å². The zero-order valence-electron chi connectivity index (χ0n) is 10.3. The Morgan fingerprint density at radius 2 is 2.12 bits per heavy atom. The Morgan fingerprint density at radius 1 is 1.47 bits per heavy atom. The van der Waals surface area contributed by atoms with Gasteiger partial charge < -0.3 is 4.90 Å². The zero-order valence-corrected chi connectivity index (χ0v) is 11.9. The molecule has 2 nitrogen and oxygen atoms in total. The Labute approximate surface area is 110 Å². The monoisotopic (exact) mass is 301 g/mol. The predicted molar refractivity (Wildman–Crippen MR) is 70.5 cm³/mol. The third-order valence-electron chi connectivity index (χ3n) is 2.56. The molecule has 4 heteroatoms. The van der Waals surface area contributed by atoms with Crippen LogP contribution in [0.15, 0.2) is 22.7 Å². The fourth-order valence-electron chi connectivity index (χ4n) is 1.40. The van der Waals surface area contributed by atoms with Crippen LogP contribution in [0.5, 0.6) is 0 Å². The van der Waals surface area contributed by atoms with Gasteiger partial charge in [0.05, 0.1) is 4.47 Å². The average Bonchev–Trinajstić information content (AvgIpc) is 2.28. The minimum Gasteiger partial charge on any atom is -0.342 e. The smallest absolute Gasteiger partial charge is 0.253 e. The van der Waals surface area contributed by atoms with Crippen molar-refractivity contribution in [1.82, 2.24) is 4.90 Å². The first-order chi connectivity index (χ1) is 7.91. The molecule has 0 N–H and O–H groups in total. The van der Waals surface area contributed by atoms with E-state index in [2.05, 4.69) is 29.8 Å². The number of hydrogen-bond acceptors (Lipinski definition) is 1. The highest BCUT2D eigenvalue weighted by atomic mass is 79.9. The van der Waals surface area contributed by atoms with Gasteiger partial charge in [0.25, 0.3) is 5.91 Å². The molecule has 1 rings (SSSR count). The molecule has 0 aliphatic rings. The molecule has 0 heterocycles. The highest BCUT2D eigenvalue weighted by Gasteiger charge is 2.13. The van der Waals surface area contributed by atoms with Gasteiger partial charge in [-0.2, -0.15) is 0 Å². The number of nitrogens with zero attached hydrogens (tertiary/aromatic N) is 1. The van der Waals surface area contributed by atoms with E-state index in [0.717, 1.165) is 6.42 Å². The highest BCUT2D eigenvalue weighted by molar-refractivity contribution is 9.10. The van der Waals surface area contributed by atoms with E-state index >= 15 is 0 Å². The lowest BCUT2D eigenvalue weighted by Crippen LogP contribution is -2.28. The third kappa shape index (κ3) is 4.11. The molecule has 94 valence electrons. The van der Waals surface area contributed by atoms with E-state index in [-0.39, 0.29) is 5.91 Å². The second-order valence-electron chi connectivity index (χ2n) is 4.54. The van der Waals surface area contributed by atoms with Gasteiger partial charge in [-0.25, -0.2) is 4.39 Å². The molecular weight excluding hydrogens is 285 g/mol. The summed E-state index contributed by atoms with van der Waals surface area (Å²) in [5, 5.41) is 0. The van der Waals surface area contributed by atoms with Crippen molar-refractivity contribution in [3.05, 3.63) is 34.1 Å². The van der Waals surface area contributed by atoms with Gasteiger partial charge in [-0.1, -0.05) is 13.8 Å². The second-order valence-corrected chi connectivity index (χ2v) is 5.39. The van der Waals surface area contributed by atoms with Gasteiger partial charge in [-0.15, -0.1) is 0 Å². The van der Waals surface area contributed by atoms with Gasteiger partial charge in [0.15, 0.2) is 0 Å². The second kappa shape index (κ2) is 6.15. The molecule has 0 aliphatic heterocycles. The first-order valence-electron chi connectivity index (χ1n) is 5.62. The van der Waals surface area contributed by atoms with Crippen LogP contribution in [0.25, 0.3) is 0 Å². The summed E-state index contributed by atoms with van der Waals surface area (Å²) < 4.78 is 13.7. The topological polar surface area (TPSA) is 20.3 Å². The largest absolute Gasteiger partial charge is 0.342 e. The minimum absolute atomic E-state index is 0.142. The number of hydrogen-bond donors (Lipinski definition) is 0. The fraction of sp³-hybridized carbons (Fsp3) is 0.462. The van der Waals surface area contributed by atoms with E-state index in [4.69, 9.17) is 0 Å². The zero-order chi connectivity index (χ0) is 13.0. The lowest BCUT2D eigenvalue weighted by Gasteiger charge is -2.18. The molecule has 0 spiro atoms. The number of amides is 1. The van der Waals surface area contributed by atoms with Crippen LogP contribution >= 0.6 is 15.9 Å². The van der Waals surface area contributed by atoms with Gasteiger partial charge in [-0.3, -0.25) is 4.79 Å². The van der Waals surface area contributed by atoms with Crippen LogP contribution in [0.1, 0.15) is 30.6 Å². The average molecular weight is 302 g/mol. The molecule has 1 aromatic carbocycles. The molecule has 0 fully saturated rings. The molecule has 1 aromatic rings. The molecule has 1 amide bonds. The first kappa shape index (κ1) is 14.2. The van der Waals surface area contributed by atoms with Crippen molar-refractivity contribution in [3.8, 4) is 0 Å². The number of carbonyl (C=O) groups excluding carboxylic acids is 1. The highest BCUT2D eigenvalue weighted by Crippen LogP contribution is 2.17. The Hall–Kier alpha value is -0.900. The third-order valence-corrected chi connectivity index (χ3v) is 3.20. The maximum absolute atomic E-state index is 13.3. The van der Waals surface area contributed by atoms with Crippen molar-refractivity contribution < 1.29 is 9.18 Å². The normalized spacial score (nSPS) is 10.7. The lowest BCUT2D eigenvalue weighted by molar-refractivity contribution is 0.0788. The van der Waals surface area contributed by atoms with Gasteiger partial charge in [-0.05, 0) is 46.5 Å². The van der Waals surface area contributed by atoms with Crippen molar-refractivity contribution in [2.45, 2.75) is 20.3 Å². The van der Waals surface area contributed by atoms with Gasteiger partial charge in [0, 0.05) is 19.2 Å². The number of benzene rings is 1. The summed E-state index contributed by atoms with van der Waals surface area (Å²) in [6.45, 7) is 4.91. The maximum atomic E-state index is 13.3. The SMILES string of the molecule is CC(C)CCN(C)C(=O)c1ccc(Br)c(F)c1. The van der Waals surface area contributed by atoms with Crippen molar-refractivity contribution in [2.24, 2.45) is 5.92 Å². The summed E-state index contributed by atoms with van der Waals surface area (Å²) in [5.41, 5.74) is 0.386. The quantitative estimate of drug-likeness (QED) is 0.830. The molecule has 0 atom stereocenters. The maximum Gasteiger partial charge on any atom is 0.253 e. The van der Waals surface area contributed by atoms with E-state index in [0.29, 0.717) is 22.5 Å². The van der Waals surface area contributed by atoms with Crippen LogP contribution < -0.4 is 0 Å². The molecule has 0 aliphatic carbocycles. The van der Waals surface area contributed by atoms with E-state index < -0.39 is 5.82 Å². The minimum atomic E-state index is -0.409. The van der Waals surface area contributed by atoms with Gasteiger partial charge in [0.2, 0.25) is 0 Å². The summed E-state index contributed by atoms with van der Waals surface area (Å²) in [6.07, 6.45) is 0.946. The molecule has 0 saturated carbocycles. The van der Waals surface area contributed by atoms with Crippen molar-refractivity contribution >= 4 is 21.8 Å². The Bertz CT molecular complexity index is 406. The molecule has 17 heavy (non-hydrogen) atoms. The fourth-order valence-corrected chi connectivity index (χ4v) is 1.65. The molecular formula is C13H17BrFNO. The number of halogens is 2. The predicted octanol–water partition coefficient (Wildman–Crippen LogP) is 3.71. The molecule has 0 unspecified atom stereocenters. The van der Waals surface area contributed by atoms with Gasteiger partial charge in [0.1, 0.15) is 5.82 Å². The summed E-state index contributed by atoms with van der Waals surface area (Å²) in [6, 6.07) is 4.44. The summed E-state index contributed by atoms with van der Waals surface area (Å²) in [5.74, 6) is -0.00272.